The number of aryl methyl sites for hydroxylation is 1. The lowest BCUT2D eigenvalue weighted by Gasteiger charge is -2.32. The Morgan fingerprint density at radius 3 is 2.57 bits per heavy atom. The lowest BCUT2D eigenvalue weighted by molar-refractivity contribution is -0.135. The maximum atomic E-state index is 12.9. The number of carbonyl (C=O) groups is 2. The first kappa shape index (κ1) is 23.3. The Labute approximate surface area is 204 Å². The van der Waals surface area contributed by atoms with Crippen LogP contribution in [-0.4, -0.2) is 46.0 Å². The number of piperidine rings is 1. The molecule has 2 aliphatic heterocycles. The number of carbonyl (C=O) groups excluding carboxylic acids is 2. The summed E-state index contributed by atoms with van der Waals surface area (Å²) >= 11 is 0. The van der Waals surface area contributed by atoms with Crippen LogP contribution in [0.5, 0.6) is 0 Å². The standard InChI is InChI=1S/C28H31N3O4/c32-26(30-15-12-21(13-16-30)17-20-7-3-1-4-8-20)19-35-28(34)22-10-11-23-24(18-22)29-25-9-5-2-6-14-31(25)27(23)33/h1,3-4,7-8,10-11,18,21H,2,5-6,9,12-17,19H2. The number of aromatic nitrogens is 2. The third kappa shape index (κ3) is 5.29. The molecule has 0 spiro atoms. The summed E-state index contributed by atoms with van der Waals surface area (Å²) in [6.45, 7) is 1.78. The number of benzene rings is 2. The van der Waals surface area contributed by atoms with Crippen LogP contribution >= 0.6 is 0 Å². The molecule has 0 bridgehead atoms. The molecular weight excluding hydrogens is 442 g/mol. The van der Waals surface area contributed by atoms with Gasteiger partial charge in [-0.3, -0.25) is 14.2 Å². The van der Waals surface area contributed by atoms with Gasteiger partial charge in [0.05, 0.1) is 16.5 Å². The number of esters is 1. The lowest BCUT2D eigenvalue weighted by Crippen LogP contribution is -2.41. The predicted octanol–water partition coefficient (Wildman–Crippen LogP) is 3.76. The minimum Gasteiger partial charge on any atom is -0.452 e. The van der Waals surface area contributed by atoms with Crippen LogP contribution in [0.15, 0.2) is 53.3 Å². The fourth-order valence-corrected chi connectivity index (χ4v) is 5.18. The number of ether oxygens (including phenoxy) is 1. The van der Waals surface area contributed by atoms with E-state index in [-0.39, 0.29) is 18.1 Å². The van der Waals surface area contributed by atoms with Gasteiger partial charge in [-0.05, 0) is 61.8 Å². The van der Waals surface area contributed by atoms with Crippen LogP contribution in [-0.2, 0) is 28.9 Å². The second kappa shape index (κ2) is 10.4. The monoisotopic (exact) mass is 473 g/mol. The van der Waals surface area contributed by atoms with E-state index in [1.54, 1.807) is 27.7 Å². The van der Waals surface area contributed by atoms with Gasteiger partial charge in [0.1, 0.15) is 5.82 Å². The summed E-state index contributed by atoms with van der Waals surface area (Å²) in [6.07, 6.45) is 6.75. The number of hydrogen-bond acceptors (Lipinski definition) is 5. The molecule has 7 nitrogen and oxygen atoms in total. The van der Waals surface area contributed by atoms with Crippen molar-refractivity contribution >= 4 is 22.8 Å². The van der Waals surface area contributed by atoms with Gasteiger partial charge in [-0.2, -0.15) is 0 Å². The van der Waals surface area contributed by atoms with Gasteiger partial charge in [0.25, 0.3) is 11.5 Å². The highest BCUT2D eigenvalue weighted by atomic mass is 16.5. The van der Waals surface area contributed by atoms with Gasteiger partial charge in [-0.25, -0.2) is 9.78 Å². The highest BCUT2D eigenvalue weighted by molar-refractivity contribution is 5.95. The SMILES string of the molecule is O=C(OCC(=O)N1CCC(Cc2ccccc2)CC1)c1ccc2c(=O)n3c(nc2c1)CCCCC3. The molecule has 182 valence electrons. The van der Waals surface area contributed by atoms with Crippen molar-refractivity contribution in [2.45, 2.75) is 51.5 Å². The van der Waals surface area contributed by atoms with Crippen molar-refractivity contribution in [1.82, 2.24) is 14.5 Å². The van der Waals surface area contributed by atoms with Crippen LogP contribution in [0.2, 0.25) is 0 Å². The summed E-state index contributed by atoms with van der Waals surface area (Å²) in [4.78, 5) is 44.6. The van der Waals surface area contributed by atoms with Gasteiger partial charge in [0.15, 0.2) is 6.61 Å². The van der Waals surface area contributed by atoms with Crippen molar-refractivity contribution in [3.05, 3.63) is 75.8 Å². The molecule has 1 fully saturated rings. The minimum atomic E-state index is -0.573. The Balaban J connectivity index is 1.17. The summed E-state index contributed by atoms with van der Waals surface area (Å²) < 4.78 is 7.10. The van der Waals surface area contributed by atoms with Crippen LogP contribution in [0.3, 0.4) is 0 Å². The van der Waals surface area contributed by atoms with Crippen molar-refractivity contribution < 1.29 is 14.3 Å². The zero-order valence-electron chi connectivity index (χ0n) is 19.9. The Morgan fingerprint density at radius 1 is 0.971 bits per heavy atom. The molecular formula is C28H31N3O4. The van der Waals surface area contributed by atoms with Gasteiger partial charge in [0.2, 0.25) is 0 Å². The Bertz CT molecular complexity index is 1280. The molecule has 0 radical (unpaired) electrons. The Kier molecular flexibility index (Phi) is 6.93. The molecule has 35 heavy (non-hydrogen) atoms. The summed E-state index contributed by atoms with van der Waals surface area (Å²) in [5, 5.41) is 0.502. The molecule has 0 unspecified atom stereocenters. The summed E-state index contributed by atoms with van der Waals surface area (Å²) in [6, 6.07) is 15.2. The quantitative estimate of drug-likeness (QED) is 0.527. The highest BCUT2D eigenvalue weighted by Gasteiger charge is 2.24. The number of fused-ring (bicyclic) bond motifs is 2. The van der Waals surface area contributed by atoms with Gasteiger partial charge >= 0.3 is 5.97 Å². The van der Waals surface area contributed by atoms with E-state index in [4.69, 9.17) is 4.74 Å². The van der Waals surface area contributed by atoms with Crippen LogP contribution < -0.4 is 5.56 Å². The summed E-state index contributed by atoms with van der Waals surface area (Å²) in [5.74, 6) is 0.597. The first-order valence-electron chi connectivity index (χ1n) is 12.6. The van der Waals surface area contributed by atoms with E-state index in [1.165, 1.54) is 5.56 Å². The van der Waals surface area contributed by atoms with E-state index < -0.39 is 5.97 Å². The van der Waals surface area contributed by atoms with E-state index in [0.29, 0.717) is 42.0 Å². The average Bonchev–Trinajstić information content (AvgIpc) is 3.14. The first-order chi connectivity index (χ1) is 17.1. The second-order valence-electron chi connectivity index (χ2n) is 9.62. The maximum Gasteiger partial charge on any atom is 0.338 e. The maximum absolute atomic E-state index is 12.9. The molecule has 1 saturated heterocycles. The van der Waals surface area contributed by atoms with Crippen molar-refractivity contribution in [1.29, 1.82) is 0 Å². The molecule has 1 aromatic heterocycles. The Hall–Kier alpha value is -3.48. The summed E-state index contributed by atoms with van der Waals surface area (Å²) in [7, 11) is 0. The molecule has 2 aliphatic rings. The number of hydrogen-bond donors (Lipinski definition) is 0. The van der Waals surface area contributed by atoms with E-state index in [1.807, 2.05) is 6.07 Å². The fourth-order valence-electron chi connectivity index (χ4n) is 5.18. The third-order valence-corrected chi connectivity index (χ3v) is 7.21. The average molecular weight is 474 g/mol. The van der Waals surface area contributed by atoms with Gasteiger partial charge < -0.3 is 9.64 Å². The summed E-state index contributed by atoms with van der Waals surface area (Å²) in [5.41, 5.74) is 2.08. The largest absolute Gasteiger partial charge is 0.452 e. The topological polar surface area (TPSA) is 81.5 Å². The van der Waals surface area contributed by atoms with Crippen LogP contribution in [0, 0.1) is 5.92 Å². The molecule has 7 heteroatoms. The van der Waals surface area contributed by atoms with E-state index >= 15 is 0 Å². The van der Waals surface area contributed by atoms with Crippen molar-refractivity contribution in [2.24, 2.45) is 5.92 Å². The van der Waals surface area contributed by atoms with Crippen LogP contribution in [0.4, 0.5) is 0 Å². The molecule has 3 aromatic rings. The lowest BCUT2D eigenvalue weighted by atomic mass is 9.90. The molecule has 0 N–H and O–H groups in total. The third-order valence-electron chi connectivity index (χ3n) is 7.21. The van der Waals surface area contributed by atoms with Crippen LogP contribution in [0.25, 0.3) is 10.9 Å². The van der Waals surface area contributed by atoms with E-state index in [0.717, 1.165) is 50.8 Å². The minimum absolute atomic E-state index is 0.0577. The van der Waals surface area contributed by atoms with Crippen molar-refractivity contribution in [2.75, 3.05) is 19.7 Å². The number of likely N-dealkylation sites (tertiary alicyclic amines) is 1. The zero-order valence-corrected chi connectivity index (χ0v) is 19.9. The van der Waals surface area contributed by atoms with Gasteiger partial charge in [-0.15, -0.1) is 0 Å². The van der Waals surface area contributed by atoms with Gasteiger partial charge in [0, 0.05) is 26.1 Å². The normalized spacial score (nSPS) is 16.5. The molecule has 3 heterocycles. The number of amides is 1. The molecule has 1 amide bonds. The number of rotatable bonds is 5. The molecule has 0 saturated carbocycles. The van der Waals surface area contributed by atoms with Crippen molar-refractivity contribution in [3.8, 4) is 0 Å². The molecule has 0 atom stereocenters. The van der Waals surface area contributed by atoms with Crippen molar-refractivity contribution in [3.63, 3.8) is 0 Å². The molecule has 5 rings (SSSR count). The zero-order chi connectivity index (χ0) is 24.2. The smallest absolute Gasteiger partial charge is 0.338 e. The van der Waals surface area contributed by atoms with E-state index in [2.05, 4.69) is 29.2 Å². The highest BCUT2D eigenvalue weighted by Crippen LogP contribution is 2.22. The second-order valence-corrected chi connectivity index (χ2v) is 9.62. The van der Waals surface area contributed by atoms with Gasteiger partial charge in [-0.1, -0.05) is 36.8 Å². The number of nitrogens with zero attached hydrogens (tertiary/aromatic N) is 3. The Morgan fingerprint density at radius 2 is 1.77 bits per heavy atom. The molecule has 0 aliphatic carbocycles. The van der Waals surface area contributed by atoms with E-state index in [9.17, 15) is 14.4 Å². The first-order valence-corrected chi connectivity index (χ1v) is 12.6. The fraction of sp³-hybridized carbons (Fsp3) is 0.429. The predicted molar refractivity (Wildman–Crippen MR) is 133 cm³/mol. The van der Waals surface area contributed by atoms with Crippen LogP contribution in [0.1, 0.15) is 53.8 Å². The molecule has 2 aromatic carbocycles.